The molecule has 0 aromatic heterocycles. The topological polar surface area (TPSA) is 21.3 Å². The fourth-order valence-corrected chi connectivity index (χ4v) is 1.10. The zero-order valence-electron chi connectivity index (χ0n) is 8.73. The van der Waals surface area contributed by atoms with Gasteiger partial charge >= 0.3 is 0 Å². The minimum atomic E-state index is 0.788. The van der Waals surface area contributed by atoms with E-state index in [1.54, 1.807) is 0 Å². The van der Waals surface area contributed by atoms with Gasteiger partial charge in [-0.25, -0.2) is 0 Å². The fraction of sp³-hybridized carbons (Fsp3) is 1.00. The van der Waals surface area contributed by atoms with Crippen LogP contribution in [0.1, 0.15) is 33.6 Å². The second-order valence-corrected chi connectivity index (χ2v) is 3.23. The zero-order valence-corrected chi connectivity index (χ0v) is 8.73. The molecule has 12 heavy (non-hydrogen) atoms. The molecule has 0 heterocycles. The van der Waals surface area contributed by atoms with Gasteiger partial charge in [0.05, 0.1) is 0 Å². The van der Waals surface area contributed by atoms with E-state index in [-0.39, 0.29) is 0 Å². The number of hydrogen-bond donors (Lipinski definition) is 1. The molecule has 0 rings (SSSR count). The maximum atomic E-state index is 5.29. The van der Waals surface area contributed by atoms with Crippen molar-refractivity contribution in [3.05, 3.63) is 0 Å². The summed E-state index contributed by atoms with van der Waals surface area (Å²) in [5.41, 5.74) is 0. The monoisotopic (exact) mass is 173 g/mol. The molecular formula is C10H23NO. The molecule has 1 N–H and O–H groups in total. The van der Waals surface area contributed by atoms with Crippen molar-refractivity contribution in [2.24, 2.45) is 5.92 Å². The molecule has 0 fully saturated rings. The molecule has 2 heteroatoms. The van der Waals surface area contributed by atoms with Crippen LogP contribution < -0.4 is 5.32 Å². The SMILES string of the molecule is CCNCC[C@H](C)CCOCC. The molecule has 0 aromatic carbocycles. The molecule has 0 saturated carbocycles. The standard InChI is InChI=1S/C10H23NO/c1-4-11-8-6-10(3)7-9-12-5-2/h10-11H,4-9H2,1-3H3/t10-/m0/s1. The van der Waals surface area contributed by atoms with Crippen LogP contribution in [0.5, 0.6) is 0 Å². The molecule has 0 aliphatic rings. The van der Waals surface area contributed by atoms with Crippen LogP contribution in [0, 0.1) is 5.92 Å². The molecule has 0 unspecified atom stereocenters. The minimum Gasteiger partial charge on any atom is -0.382 e. The Hall–Kier alpha value is -0.0800. The molecule has 74 valence electrons. The summed E-state index contributed by atoms with van der Waals surface area (Å²) in [6, 6.07) is 0. The minimum absolute atomic E-state index is 0.788. The van der Waals surface area contributed by atoms with E-state index >= 15 is 0 Å². The summed E-state index contributed by atoms with van der Waals surface area (Å²) in [5.74, 6) is 0.788. The van der Waals surface area contributed by atoms with Crippen molar-refractivity contribution >= 4 is 0 Å². The van der Waals surface area contributed by atoms with Crippen molar-refractivity contribution in [1.29, 1.82) is 0 Å². The lowest BCUT2D eigenvalue weighted by atomic mass is 10.1. The van der Waals surface area contributed by atoms with E-state index in [0.29, 0.717) is 0 Å². The van der Waals surface area contributed by atoms with Crippen molar-refractivity contribution in [2.75, 3.05) is 26.3 Å². The predicted molar refractivity (Wildman–Crippen MR) is 53.4 cm³/mol. The predicted octanol–water partition coefficient (Wildman–Crippen LogP) is 2.05. The molecule has 0 amide bonds. The Labute approximate surface area is 76.7 Å². The van der Waals surface area contributed by atoms with Gasteiger partial charge in [0.2, 0.25) is 0 Å². The lowest BCUT2D eigenvalue weighted by Crippen LogP contribution is -2.17. The average Bonchev–Trinajstić information content (AvgIpc) is 2.06. The Kier molecular flexibility index (Phi) is 8.95. The Bertz CT molecular complexity index is 75.9. The van der Waals surface area contributed by atoms with Gasteiger partial charge in [0, 0.05) is 13.2 Å². The number of rotatable bonds is 8. The highest BCUT2D eigenvalue weighted by Gasteiger charge is 2.00. The summed E-state index contributed by atoms with van der Waals surface area (Å²) in [6.45, 7) is 10.5. The van der Waals surface area contributed by atoms with Crippen LogP contribution in [0.3, 0.4) is 0 Å². The van der Waals surface area contributed by atoms with Gasteiger partial charge in [0.25, 0.3) is 0 Å². The van der Waals surface area contributed by atoms with E-state index in [1.165, 1.54) is 12.8 Å². The van der Waals surface area contributed by atoms with Gasteiger partial charge in [-0.05, 0) is 38.8 Å². The van der Waals surface area contributed by atoms with E-state index in [2.05, 4.69) is 19.2 Å². The molecule has 2 nitrogen and oxygen atoms in total. The first-order valence-corrected chi connectivity index (χ1v) is 5.09. The smallest absolute Gasteiger partial charge is 0.0468 e. The summed E-state index contributed by atoms with van der Waals surface area (Å²) < 4.78 is 5.29. The third-order valence-electron chi connectivity index (χ3n) is 2.02. The van der Waals surface area contributed by atoms with E-state index < -0.39 is 0 Å². The Morgan fingerprint density at radius 3 is 2.58 bits per heavy atom. The number of hydrogen-bond acceptors (Lipinski definition) is 2. The highest BCUT2D eigenvalue weighted by atomic mass is 16.5. The first kappa shape index (κ1) is 11.9. The van der Waals surface area contributed by atoms with Crippen LogP contribution in [0.15, 0.2) is 0 Å². The van der Waals surface area contributed by atoms with Crippen LogP contribution in [0.25, 0.3) is 0 Å². The molecule has 0 aliphatic heterocycles. The van der Waals surface area contributed by atoms with Gasteiger partial charge in [-0.3, -0.25) is 0 Å². The van der Waals surface area contributed by atoms with Gasteiger partial charge in [0.15, 0.2) is 0 Å². The van der Waals surface area contributed by atoms with E-state index in [9.17, 15) is 0 Å². The molecule has 0 aromatic rings. The first-order valence-electron chi connectivity index (χ1n) is 5.09. The summed E-state index contributed by atoms with van der Waals surface area (Å²) in [5, 5.41) is 3.33. The number of ether oxygens (including phenoxy) is 1. The fourth-order valence-electron chi connectivity index (χ4n) is 1.10. The quantitative estimate of drug-likeness (QED) is 0.567. The van der Waals surface area contributed by atoms with Crippen molar-refractivity contribution < 1.29 is 4.74 Å². The van der Waals surface area contributed by atoms with Gasteiger partial charge < -0.3 is 10.1 Å². The van der Waals surface area contributed by atoms with Crippen LogP contribution in [0.2, 0.25) is 0 Å². The lowest BCUT2D eigenvalue weighted by Gasteiger charge is -2.10. The summed E-state index contributed by atoms with van der Waals surface area (Å²) in [6.07, 6.45) is 2.46. The summed E-state index contributed by atoms with van der Waals surface area (Å²) in [4.78, 5) is 0. The van der Waals surface area contributed by atoms with Crippen molar-refractivity contribution in [1.82, 2.24) is 5.32 Å². The Morgan fingerprint density at radius 1 is 1.25 bits per heavy atom. The Morgan fingerprint density at radius 2 is 2.00 bits per heavy atom. The maximum Gasteiger partial charge on any atom is 0.0468 e. The van der Waals surface area contributed by atoms with Crippen LogP contribution in [0.4, 0.5) is 0 Å². The first-order chi connectivity index (χ1) is 5.81. The average molecular weight is 173 g/mol. The van der Waals surface area contributed by atoms with Crippen molar-refractivity contribution in [2.45, 2.75) is 33.6 Å². The molecule has 1 atom stereocenters. The zero-order chi connectivity index (χ0) is 9.23. The van der Waals surface area contributed by atoms with E-state index in [0.717, 1.165) is 32.2 Å². The molecule has 0 aliphatic carbocycles. The summed E-state index contributed by atoms with van der Waals surface area (Å²) in [7, 11) is 0. The lowest BCUT2D eigenvalue weighted by molar-refractivity contribution is 0.133. The highest BCUT2D eigenvalue weighted by Crippen LogP contribution is 2.05. The normalized spacial score (nSPS) is 13.2. The van der Waals surface area contributed by atoms with Gasteiger partial charge in [-0.2, -0.15) is 0 Å². The molecule has 0 spiro atoms. The molecular weight excluding hydrogens is 150 g/mol. The molecule has 0 radical (unpaired) electrons. The van der Waals surface area contributed by atoms with Gasteiger partial charge in [0.1, 0.15) is 0 Å². The summed E-state index contributed by atoms with van der Waals surface area (Å²) >= 11 is 0. The third kappa shape index (κ3) is 8.02. The van der Waals surface area contributed by atoms with Crippen LogP contribution >= 0.6 is 0 Å². The molecule has 0 saturated heterocycles. The second kappa shape index (κ2) is 9.01. The Balaban J connectivity index is 3.04. The second-order valence-electron chi connectivity index (χ2n) is 3.23. The van der Waals surface area contributed by atoms with Crippen molar-refractivity contribution in [3.63, 3.8) is 0 Å². The largest absolute Gasteiger partial charge is 0.382 e. The van der Waals surface area contributed by atoms with Gasteiger partial charge in [-0.15, -0.1) is 0 Å². The van der Waals surface area contributed by atoms with Crippen LogP contribution in [-0.2, 0) is 4.74 Å². The third-order valence-corrected chi connectivity index (χ3v) is 2.02. The van der Waals surface area contributed by atoms with Crippen molar-refractivity contribution in [3.8, 4) is 0 Å². The van der Waals surface area contributed by atoms with E-state index in [1.807, 2.05) is 6.92 Å². The van der Waals surface area contributed by atoms with E-state index in [4.69, 9.17) is 4.74 Å². The van der Waals surface area contributed by atoms with Crippen LogP contribution in [-0.4, -0.2) is 26.3 Å². The van der Waals surface area contributed by atoms with Gasteiger partial charge in [-0.1, -0.05) is 13.8 Å². The highest BCUT2D eigenvalue weighted by molar-refractivity contribution is 4.54. The molecule has 0 bridgehead atoms. The number of nitrogens with one attached hydrogen (secondary N) is 1. The maximum absolute atomic E-state index is 5.29.